The van der Waals surface area contributed by atoms with E-state index in [0.29, 0.717) is 24.6 Å². The van der Waals surface area contributed by atoms with Crippen LogP contribution in [0.2, 0.25) is 0 Å². The molecule has 1 atom stereocenters. The van der Waals surface area contributed by atoms with Crippen LogP contribution in [0, 0.1) is 0 Å². The lowest BCUT2D eigenvalue weighted by Crippen LogP contribution is -2.38. The highest BCUT2D eigenvalue weighted by Gasteiger charge is 2.33. The molecule has 3 heterocycles. The molecule has 7 nitrogen and oxygen atoms in total. The van der Waals surface area contributed by atoms with Crippen molar-refractivity contribution < 1.29 is 13.9 Å². The van der Waals surface area contributed by atoms with Crippen LogP contribution in [0.25, 0.3) is 0 Å². The van der Waals surface area contributed by atoms with Gasteiger partial charge in [0.25, 0.3) is 5.91 Å². The van der Waals surface area contributed by atoms with Crippen LogP contribution < -0.4 is 4.74 Å². The number of likely N-dealkylation sites (tertiary alicyclic amines) is 1. The highest BCUT2D eigenvalue weighted by atomic mass is 16.5. The van der Waals surface area contributed by atoms with Crippen molar-refractivity contribution in [3.63, 3.8) is 0 Å². The fourth-order valence-electron chi connectivity index (χ4n) is 4.14. The lowest BCUT2D eigenvalue weighted by atomic mass is 10.0. The first-order valence-electron chi connectivity index (χ1n) is 11.1. The van der Waals surface area contributed by atoms with E-state index in [0.717, 1.165) is 61.3 Å². The molecule has 2 aromatic heterocycles. The highest BCUT2D eigenvalue weighted by Crippen LogP contribution is 2.32. The smallest absolute Gasteiger partial charge is 0.275 e. The molecule has 1 N–H and O–H groups in total. The van der Waals surface area contributed by atoms with Crippen LogP contribution >= 0.6 is 0 Å². The number of nitrogens with zero attached hydrogens (tertiary/aromatic N) is 3. The van der Waals surface area contributed by atoms with E-state index < -0.39 is 0 Å². The number of para-hydroxylation sites is 1. The third kappa shape index (κ3) is 4.81. The number of carbonyl (C=O) groups excluding carboxylic acids is 1. The van der Waals surface area contributed by atoms with Crippen molar-refractivity contribution in [1.29, 1.82) is 0 Å². The van der Waals surface area contributed by atoms with Crippen molar-refractivity contribution in [1.82, 2.24) is 20.1 Å². The van der Waals surface area contributed by atoms with Crippen LogP contribution in [-0.2, 0) is 12.8 Å². The first-order valence-corrected chi connectivity index (χ1v) is 11.1. The van der Waals surface area contributed by atoms with E-state index in [1.807, 2.05) is 35.2 Å². The summed E-state index contributed by atoms with van der Waals surface area (Å²) in [7, 11) is 1.67. The summed E-state index contributed by atoms with van der Waals surface area (Å²) in [6.07, 6.45) is 8.31. The number of aryl methyl sites for hydroxylation is 1. The van der Waals surface area contributed by atoms with E-state index in [-0.39, 0.29) is 11.9 Å². The van der Waals surface area contributed by atoms with Crippen molar-refractivity contribution in [2.24, 2.45) is 0 Å². The van der Waals surface area contributed by atoms with Gasteiger partial charge in [-0.15, -0.1) is 0 Å². The van der Waals surface area contributed by atoms with Gasteiger partial charge in [0.1, 0.15) is 23.2 Å². The van der Waals surface area contributed by atoms with Crippen molar-refractivity contribution in [3.05, 3.63) is 65.1 Å². The van der Waals surface area contributed by atoms with Crippen LogP contribution in [-0.4, -0.2) is 39.6 Å². The number of H-pyrrole nitrogens is 1. The van der Waals surface area contributed by atoms with Gasteiger partial charge in [0.05, 0.1) is 13.3 Å². The Bertz CT molecular complexity index is 1010. The summed E-state index contributed by atoms with van der Waals surface area (Å²) in [6, 6.07) is 9.60. The Kier molecular flexibility index (Phi) is 6.70. The lowest BCUT2D eigenvalue weighted by molar-refractivity contribution is 0.0564. The minimum absolute atomic E-state index is 0.0619. The fraction of sp³-hybridized carbons (Fsp3) is 0.458. The normalized spacial score (nSPS) is 16.5. The predicted octanol–water partition coefficient (Wildman–Crippen LogP) is 4.71. The minimum atomic E-state index is -0.163. The molecule has 31 heavy (non-hydrogen) atoms. The van der Waals surface area contributed by atoms with Crippen LogP contribution in [0.5, 0.6) is 5.75 Å². The van der Waals surface area contributed by atoms with Gasteiger partial charge in [-0.3, -0.25) is 9.89 Å². The number of nitrogens with one attached hydrogen (secondary N) is 1. The average Bonchev–Trinajstić information content (AvgIpc) is 3.47. The number of rotatable bonds is 8. The number of carbonyl (C=O) groups is 1. The predicted molar refractivity (Wildman–Crippen MR) is 117 cm³/mol. The molecule has 0 aliphatic carbocycles. The van der Waals surface area contributed by atoms with E-state index >= 15 is 0 Å². The number of methoxy groups -OCH3 is 1. The summed E-state index contributed by atoms with van der Waals surface area (Å²) >= 11 is 0. The number of hydrogen-bond acceptors (Lipinski definition) is 5. The molecule has 0 spiro atoms. The first-order chi connectivity index (χ1) is 15.2. The Balaban J connectivity index is 1.50. The molecule has 1 aliphatic heterocycles. The number of amides is 1. The Hall–Kier alpha value is -3.09. The number of unbranched alkanes of at least 4 members (excludes halogenated alkanes) is 1. The molecule has 0 bridgehead atoms. The number of aromatic amines is 1. The maximum absolute atomic E-state index is 13.2. The molecule has 4 rings (SSSR count). The molecule has 1 aromatic carbocycles. The monoisotopic (exact) mass is 422 g/mol. The second kappa shape index (κ2) is 9.81. The van der Waals surface area contributed by atoms with E-state index in [4.69, 9.17) is 9.15 Å². The molecule has 0 saturated carbocycles. The minimum Gasteiger partial charge on any atom is -0.496 e. The van der Waals surface area contributed by atoms with Crippen LogP contribution in [0.1, 0.15) is 78.5 Å². The lowest BCUT2D eigenvalue weighted by Gasteiger charge is -2.33. The molecule has 1 amide bonds. The standard InChI is InChI=1S/C24H30N4O3/c1-3-4-10-18-15-20(27-26-18)24(29)28-13-8-7-11-21(28)23-25-16-19(31-23)14-17-9-5-6-12-22(17)30-2/h5-6,9,12,15-16,21H,3-4,7-8,10-11,13-14H2,1-2H3,(H,26,27). The molecule has 1 aliphatic rings. The summed E-state index contributed by atoms with van der Waals surface area (Å²) in [5, 5.41) is 7.28. The van der Waals surface area contributed by atoms with Crippen LogP contribution in [0.15, 0.2) is 40.9 Å². The topological polar surface area (TPSA) is 84.2 Å². The van der Waals surface area contributed by atoms with Gasteiger partial charge in [-0.1, -0.05) is 31.5 Å². The Labute approximate surface area is 182 Å². The molecule has 164 valence electrons. The van der Waals surface area contributed by atoms with E-state index in [1.54, 1.807) is 13.3 Å². The third-order valence-electron chi connectivity index (χ3n) is 5.83. The zero-order chi connectivity index (χ0) is 21.6. The number of oxazole rings is 1. The van der Waals surface area contributed by atoms with Crippen molar-refractivity contribution in [3.8, 4) is 5.75 Å². The maximum atomic E-state index is 13.2. The Morgan fingerprint density at radius 2 is 2.19 bits per heavy atom. The van der Waals surface area contributed by atoms with Crippen LogP contribution in [0.4, 0.5) is 0 Å². The van der Waals surface area contributed by atoms with Crippen LogP contribution in [0.3, 0.4) is 0 Å². The molecule has 7 heteroatoms. The van der Waals surface area contributed by atoms with Crippen molar-refractivity contribution >= 4 is 5.91 Å². The zero-order valence-corrected chi connectivity index (χ0v) is 18.3. The van der Waals surface area contributed by atoms with E-state index in [1.165, 1.54) is 0 Å². The van der Waals surface area contributed by atoms with E-state index in [2.05, 4.69) is 22.1 Å². The van der Waals surface area contributed by atoms with Gasteiger partial charge in [0, 0.05) is 24.2 Å². The molecular weight excluding hydrogens is 392 g/mol. The summed E-state index contributed by atoms with van der Waals surface area (Å²) in [6.45, 7) is 2.84. The van der Waals surface area contributed by atoms with Gasteiger partial charge >= 0.3 is 0 Å². The van der Waals surface area contributed by atoms with Gasteiger partial charge in [-0.05, 0) is 44.2 Å². The molecule has 3 aromatic rings. The summed E-state index contributed by atoms with van der Waals surface area (Å²) in [4.78, 5) is 19.6. The summed E-state index contributed by atoms with van der Waals surface area (Å²) in [5.74, 6) is 2.12. The number of ether oxygens (including phenoxy) is 1. The van der Waals surface area contributed by atoms with Crippen molar-refractivity contribution in [2.45, 2.75) is 57.9 Å². The number of aromatic nitrogens is 3. The second-order valence-corrected chi connectivity index (χ2v) is 8.05. The molecule has 1 unspecified atom stereocenters. The molecule has 0 radical (unpaired) electrons. The quantitative estimate of drug-likeness (QED) is 0.568. The number of hydrogen-bond donors (Lipinski definition) is 1. The first kappa shape index (κ1) is 21.2. The maximum Gasteiger partial charge on any atom is 0.275 e. The summed E-state index contributed by atoms with van der Waals surface area (Å²) in [5.41, 5.74) is 2.52. The molecule has 1 saturated heterocycles. The molecule has 1 fully saturated rings. The second-order valence-electron chi connectivity index (χ2n) is 8.05. The van der Waals surface area contributed by atoms with Gasteiger partial charge in [-0.25, -0.2) is 4.98 Å². The van der Waals surface area contributed by atoms with Gasteiger partial charge < -0.3 is 14.1 Å². The number of piperidine rings is 1. The highest BCUT2D eigenvalue weighted by molar-refractivity contribution is 5.92. The average molecular weight is 423 g/mol. The zero-order valence-electron chi connectivity index (χ0n) is 18.3. The van der Waals surface area contributed by atoms with Gasteiger partial charge in [-0.2, -0.15) is 5.10 Å². The molecular formula is C24H30N4O3. The summed E-state index contributed by atoms with van der Waals surface area (Å²) < 4.78 is 11.6. The Morgan fingerprint density at radius 3 is 3.03 bits per heavy atom. The SMILES string of the molecule is CCCCc1cc(C(=O)N2CCCCC2c2ncc(Cc3ccccc3OC)o2)n[nH]1. The Morgan fingerprint density at radius 1 is 1.32 bits per heavy atom. The van der Waals surface area contributed by atoms with E-state index in [9.17, 15) is 4.79 Å². The van der Waals surface area contributed by atoms with Gasteiger partial charge in [0.2, 0.25) is 5.89 Å². The largest absolute Gasteiger partial charge is 0.496 e. The van der Waals surface area contributed by atoms with Gasteiger partial charge in [0.15, 0.2) is 0 Å². The number of benzene rings is 1. The van der Waals surface area contributed by atoms with Crippen molar-refractivity contribution in [2.75, 3.05) is 13.7 Å². The third-order valence-corrected chi connectivity index (χ3v) is 5.83. The fourth-order valence-corrected chi connectivity index (χ4v) is 4.14.